The second-order valence-electron chi connectivity index (χ2n) is 8.17. The Morgan fingerprint density at radius 2 is 1.58 bits per heavy atom. The molecule has 4 atom stereocenters. The van der Waals surface area contributed by atoms with Crippen LogP contribution in [0.1, 0.15) is 5.56 Å². The fourth-order valence-corrected chi connectivity index (χ4v) is 5.57. The third-order valence-corrected chi connectivity index (χ3v) is 7.49. The summed E-state index contributed by atoms with van der Waals surface area (Å²) in [5.74, 6) is -1.87. The van der Waals surface area contributed by atoms with Crippen LogP contribution in [-0.2, 0) is 30.6 Å². The van der Waals surface area contributed by atoms with Crippen LogP contribution in [0.2, 0.25) is 0 Å². The van der Waals surface area contributed by atoms with Gasteiger partial charge in [-0.05, 0) is 35.9 Å². The van der Waals surface area contributed by atoms with E-state index in [4.69, 9.17) is 0 Å². The molecule has 0 spiro atoms. The fourth-order valence-electron chi connectivity index (χ4n) is 4.94. The summed E-state index contributed by atoms with van der Waals surface area (Å²) in [5.41, 5.74) is 2.29. The summed E-state index contributed by atoms with van der Waals surface area (Å²) in [5, 5.41) is 0. The highest BCUT2D eigenvalue weighted by atomic mass is 32.2. The van der Waals surface area contributed by atoms with Gasteiger partial charge in [-0.15, -0.1) is 0 Å². The Balaban J connectivity index is 1.41. The maximum Gasteiger partial charge on any atom is 0.240 e. The summed E-state index contributed by atoms with van der Waals surface area (Å²) >= 11 is 0. The van der Waals surface area contributed by atoms with Gasteiger partial charge in [-0.3, -0.25) is 9.59 Å². The topological polar surface area (TPSA) is 91.8 Å². The number of imide groups is 1. The molecular weight excluding hydrogens is 416 g/mol. The van der Waals surface area contributed by atoms with Crippen LogP contribution in [0.25, 0.3) is 0 Å². The Hall–Kier alpha value is -3.26. The highest BCUT2D eigenvalue weighted by Crippen LogP contribution is 2.50. The zero-order valence-corrected chi connectivity index (χ0v) is 17.5. The first kappa shape index (κ1) is 19.7. The van der Waals surface area contributed by atoms with Gasteiger partial charge in [0.2, 0.25) is 11.8 Å². The first-order valence-corrected chi connectivity index (χ1v) is 11.9. The van der Waals surface area contributed by atoms with Crippen LogP contribution in [0.15, 0.2) is 71.3 Å². The van der Waals surface area contributed by atoms with E-state index in [0.29, 0.717) is 12.1 Å². The molecule has 2 fully saturated rings. The summed E-state index contributed by atoms with van der Waals surface area (Å²) in [7, 11) is -3.27. The fraction of sp³-hybridized carbons (Fsp3) is 0.261. The number of carbonyl (C=O) groups is 3. The molecule has 0 N–H and O–H groups in total. The summed E-state index contributed by atoms with van der Waals surface area (Å²) in [6.45, 7) is 0. The van der Waals surface area contributed by atoms with Crippen molar-refractivity contribution in [1.82, 2.24) is 4.90 Å². The zero-order chi connectivity index (χ0) is 21.9. The molecule has 2 aromatic carbocycles. The molecule has 3 aliphatic heterocycles. The number of allylic oxidation sites excluding steroid dienone is 1. The number of para-hydroxylation sites is 1. The van der Waals surface area contributed by atoms with E-state index in [1.54, 1.807) is 48.5 Å². The van der Waals surface area contributed by atoms with E-state index in [0.717, 1.165) is 23.8 Å². The van der Waals surface area contributed by atoms with E-state index < -0.39 is 27.7 Å². The molecule has 3 heterocycles. The molecule has 7 nitrogen and oxygen atoms in total. The van der Waals surface area contributed by atoms with Crippen molar-refractivity contribution in [1.29, 1.82) is 0 Å². The Morgan fingerprint density at radius 1 is 0.935 bits per heavy atom. The normalized spacial score (nSPS) is 26.9. The average molecular weight is 436 g/mol. The number of hydrogen-bond acceptors (Lipinski definition) is 6. The minimum atomic E-state index is -3.27. The first-order chi connectivity index (χ1) is 14.8. The summed E-state index contributed by atoms with van der Waals surface area (Å²) in [6, 6.07) is 14.4. The van der Waals surface area contributed by atoms with Crippen LogP contribution >= 0.6 is 0 Å². The molecule has 0 radical (unpaired) electrons. The molecule has 0 saturated carbocycles. The second-order valence-corrected chi connectivity index (χ2v) is 10.2. The van der Waals surface area contributed by atoms with Crippen LogP contribution in [-0.4, -0.2) is 49.8 Å². The van der Waals surface area contributed by atoms with Crippen molar-refractivity contribution in [2.24, 2.45) is 11.8 Å². The molecule has 5 rings (SSSR count). The molecule has 2 amide bonds. The number of benzene rings is 2. The standard InChI is InChI=1S/C23H20N2O5S/c1-31(29,30)17-9-7-14(8-10-17)11-16-12-18-20-21(19(13-26)24(16)18)23(28)25(22(20)27)15-5-3-2-4-6-15/h2-10,12-13,18-21H,11H2,1H3/t18?,19?,20-,21?/m0/s1. The van der Waals surface area contributed by atoms with Gasteiger partial charge >= 0.3 is 0 Å². The number of carbonyl (C=O) groups excluding carboxylic acids is 3. The number of sulfone groups is 1. The lowest BCUT2D eigenvalue weighted by atomic mass is 9.88. The summed E-state index contributed by atoms with van der Waals surface area (Å²) in [4.78, 5) is 41.5. The van der Waals surface area contributed by atoms with E-state index in [9.17, 15) is 22.8 Å². The van der Waals surface area contributed by atoms with Crippen molar-refractivity contribution in [2.75, 3.05) is 11.2 Å². The zero-order valence-electron chi connectivity index (χ0n) is 16.7. The van der Waals surface area contributed by atoms with E-state index in [1.165, 1.54) is 4.90 Å². The summed E-state index contributed by atoms with van der Waals surface area (Å²) in [6.07, 6.45) is 4.36. The van der Waals surface area contributed by atoms with Gasteiger partial charge in [-0.25, -0.2) is 13.3 Å². The number of amides is 2. The van der Waals surface area contributed by atoms with E-state index in [2.05, 4.69) is 0 Å². The first-order valence-electron chi connectivity index (χ1n) is 9.97. The summed E-state index contributed by atoms with van der Waals surface area (Å²) < 4.78 is 23.3. The van der Waals surface area contributed by atoms with Gasteiger partial charge in [0.1, 0.15) is 6.29 Å². The molecule has 31 heavy (non-hydrogen) atoms. The maximum absolute atomic E-state index is 13.1. The number of rotatable bonds is 5. The highest BCUT2D eigenvalue weighted by molar-refractivity contribution is 7.90. The molecule has 3 unspecified atom stereocenters. The molecule has 0 aliphatic carbocycles. The maximum atomic E-state index is 13.1. The highest BCUT2D eigenvalue weighted by Gasteiger charge is 2.64. The lowest BCUT2D eigenvalue weighted by molar-refractivity contribution is -0.126. The number of aldehydes is 1. The van der Waals surface area contributed by atoms with Crippen molar-refractivity contribution >= 4 is 33.6 Å². The van der Waals surface area contributed by atoms with Gasteiger partial charge in [0.15, 0.2) is 9.84 Å². The van der Waals surface area contributed by atoms with Crippen molar-refractivity contribution in [3.05, 3.63) is 71.9 Å². The third kappa shape index (κ3) is 2.93. The average Bonchev–Trinajstić information content (AvgIpc) is 3.14. The monoisotopic (exact) mass is 436 g/mol. The van der Waals surface area contributed by atoms with E-state index >= 15 is 0 Å². The number of anilines is 1. The molecular formula is C23H20N2O5S. The molecule has 0 bridgehead atoms. The molecule has 0 aromatic heterocycles. The molecule has 3 aliphatic rings. The number of fused-ring (bicyclic) bond motifs is 3. The SMILES string of the molecule is CS(=O)(=O)c1ccc(CC2=CC3[C@@H]4C(=O)N(c5ccccc5)C(=O)C4C(C=O)N23)cc1. The molecule has 8 heteroatoms. The van der Waals surface area contributed by atoms with Crippen molar-refractivity contribution in [3.63, 3.8) is 0 Å². The Bertz CT molecular complexity index is 1220. The van der Waals surface area contributed by atoms with Gasteiger partial charge in [0.25, 0.3) is 0 Å². The number of hydrogen-bond donors (Lipinski definition) is 0. The molecule has 158 valence electrons. The van der Waals surface area contributed by atoms with Gasteiger partial charge in [0.05, 0.1) is 34.5 Å². The lowest BCUT2D eigenvalue weighted by Gasteiger charge is -2.41. The predicted molar refractivity (Wildman–Crippen MR) is 113 cm³/mol. The van der Waals surface area contributed by atoms with E-state index in [-0.39, 0.29) is 22.8 Å². The predicted octanol–water partition coefficient (Wildman–Crippen LogP) is 1.59. The van der Waals surface area contributed by atoms with E-state index in [1.807, 2.05) is 17.0 Å². The van der Waals surface area contributed by atoms with Crippen molar-refractivity contribution < 1.29 is 22.8 Å². The lowest BCUT2D eigenvalue weighted by Crippen LogP contribution is -2.49. The molecule has 2 saturated heterocycles. The Labute approximate surface area is 179 Å². The van der Waals surface area contributed by atoms with Crippen LogP contribution < -0.4 is 4.90 Å². The van der Waals surface area contributed by atoms with Crippen LogP contribution in [0.4, 0.5) is 5.69 Å². The van der Waals surface area contributed by atoms with Gasteiger partial charge in [-0.1, -0.05) is 30.3 Å². The Kier molecular flexibility index (Phi) is 4.37. The quantitative estimate of drug-likeness (QED) is 0.522. The minimum Gasteiger partial charge on any atom is -0.357 e. The largest absolute Gasteiger partial charge is 0.357 e. The van der Waals surface area contributed by atoms with Gasteiger partial charge in [0, 0.05) is 18.4 Å². The third-order valence-electron chi connectivity index (χ3n) is 6.36. The smallest absolute Gasteiger partial charge is 0.240 e. The second kappa shape index (κ2) is 6.88. The number of nitrogens with zero attached hydrogens (tertiary/aromatic N) is 2. The van der Waals surface area contributed by atoms with Crippen LogP contribution in [0, 0.1) is 11.8 Å². The van der Waals surface area contributed by atoms with Crippen molar-refractivity contribution in [2.45, 2.75) is 23.4 Å². The van der Waals surface area contributed by atoms with Crippen LogP contribution in [0.5, 0.6) is 0 Å². The Morgan fingerprint density at radius 3 is 2.19 bits per heavy atom. The van der Waals surface area contributed by atoms with Gasteiger partial charge < -0.3 is 9.69 Å². The van der Waals surface area contributed by atoms with Gasteiger partial charge in [-0.2, -0.15) is 0 Å². The molecule has 2 aromatic rings. The minimum absolute atomic E-state index is 0.246. The van der Waals surface area contributed by atoms with Crippen LogP contribution in [0.3, 0.4) is 0 Å². The van der Waals surface area contributed by atoms with Crippen molar-refractivity contribution in [3.8, 4) is 0 Å².